The van der Waals surface area contributed by atoms with Crippen molar-refractivity contribution >= 4 is 18.1 Å². The van der Waals surface area contributed by atoms with E-state index in [1.54, 1.807) is 0 Å². The van der Waals surface area contributed by atoms with Gasteiger partial charge in [0.2, 0.25) is 0 Å². The van der Waals surface area contributed by atoms with Gasteiger partial charge in [-0.2, -0.15) is 0 Å². The highest BCUT2D eigenvalue weighted by Crippen LogP contribution is 2.05. The molecule has 0 saturated carbocycles. The van der Waals surface area contributed by atoms with Gasteiger partial charge in [0.1, 0.15) is 19.8 Å². The fraction of sp³-hybridized carbons (Fsp3) is 0.850. The number of nitrogens with zero attached hydrogens (tertiary/aromatic N) is 1. The molecule has 0 aromatic heterocycles. The third-order valence-electron chi connectivity index (χ3n) is 4.04. The Morgan fingerprint density at radius 1 is 0.750 bits per heavy atom. The lowest BCUT2D eigenvalue weighted by Gasteiger charge is -2.18. The Labute approximate surface area is 168 Å². The lowest BCUT2D eigenvalue weighted by Crippen LogP contribution is -2.27. The van der Waals surface area contributed by atoms with Crippen LogP contribution in [-0.2, 0) is 28.5 Å². The van der Waals surface area contributed by atoms with Crippen molar-refractivity contribution in [3.63, 3.8) is 0 Å². The molecule has 0 atom stereocenters. The number of hydrogen-bond donors (Lipinski definition) is 0. The summed E-state index contributed by atoms with van der Waals surface area (Å²) in [6, 6.07) is 0. The summed E-state index contributed by atoms with van der Waals surface area (Å²) in [5.74, 6) is -1.08. The third-order valence-corrected chi connectivity index (χ3v) is 4.04. The zero-order valence-electron chi connectivity index (χ0n) is 17.9. The molecule has 0 fully saturated rings. The molecule has 0 saturated heterocycles. The highest BCUT2D eigenvalue weighted by molar-refractivity contribution is 5.69. The van der Waals surface area contributed by atoms with Gasteiger partial charge in [0.25, 0.3) is 0 Å². The van der Waals surface area contributed by atoms with Crippen LogP contribution in [0.15, 0.2) is 0 Å². The molecule has 0 heterocycles. The maximum absolute atomic E-state index is 11.7. The zero-order valence-corrected chi connectivity index (χ0v) is 17.9. The van der Waals surface area contributed by atoms with Crippen molar-refractivity contribution in [3.05, 3.63) is 0 Å². The minimum Gasteiger partial charge on any atom is -0.465 e. The molecule has 0 aliphatic heterocycles. The minimum atomic E-state index is -0.774. The van der Waals surface area contributed by atoms with Crippen molar-refractivity contribution in [2.45, 2.75) is 59.8 Å². The van der Waals surface area contributed by atoms with Gasteiger partial charge in [0.05, 0.1) is 12.5 Å². The number of rotatable bonds is 16. The van der Waals surface area contributed by atoms with Gasteiger partial charge in [-0.15, -0.1) is 0 Å². The minimum absolute atomic E-state index is 0.0213. The van der Waals surface area contributed by atoms with E-state index in [1.807, 2.05) is 13.8 Å². The summed E-state index contributed by atoms with van der Waals surface area (Å²) in [6.45, 7) is 11.0. The van der Waals surface area contributed by atoms with Crippen LogP contribution in [-0.4, -0.2) is 69.1 Å². The van der Waals surface area contributed by atoms with E-state index >= 15 is 0 Å². The Balaban J connectivity index is 4.26. The first-order valence-electron chi connectivity index (χ1n) is 10.3. The molecule has 0 aromatic rings. The van der Waals surface area contributed by atoms with Gasteiger partial charge in [-0.25, -0.2) is 4.79 Å². The summed E-state index contributed by atoms with van der Waals surface area (Å²) in [5.41, 5.74) is 0. The van der Waals surface area contributed by atoms with E-state index in [1.165, 1.54) is 0 Å². The molecule has 0 unspecified atom stereocenters. The van der Waals surface area contributed by atoms with Crippen LogP contribution in [0, 0.1) is 5.92 Å². The average molecular weight is 404 g/mol. The van der Waals surface area contributed by atoms with Gasteiger partial charge in [0.15, 0.2) is 0 Å². The van der Waals surface area contributed by atoms with Crippen LogP contribution in [0.4, 0.5) is 4.79 Å². The topological polar surface area (TPSA) is 91.4 Å². The van der Waals surface area contributed by atoms with Crippen molar-refractivity contribution in [3.8, 4) is 0 Å². The molecule has 164 valence electrons. The van der Waals surface area contributed by atoms with Gasteiger partial charge in [-0.3, -0.25) is 9.59 Å². The van der Waals surface area contributed by atoms with E-state index in [-0.39, 0.29) is 38.4 Å². The van der Waals surface area contributed by atoms with E-state index in [2.05, 4.69) is 18.7 Å². The number of carbonyl (C=O) groups excluding carboxylic acids is 3. The molecule has 0 aliphatic carbocycles. The first kappa shape index (κ1) is 26.2. The molecule has 0 rings (SSSR count). The Kier molecular flexibility index (Phi) is 16.2. The lowest BCUT2D eigenvalue weighted by atomic mass is 10.2. The van der Waals surface area contributed by atoms with E-state index in [0.717, 1.165) is 26.1 Å². The molecule has 0 bridgehead atoms. The maximum atomic E-state index is 11.7. The average Bonchev–Trinajstić information content (AvgIpc) is 2.68. The molecule has 28 heavy (non-hydrogen) atoms. The van der Waals surface area contributed by atoms with Crippen LogP contribution < -0.4 is 0 Å². The molecular weight excluding hydrogens is 366 g/mol. The quantitative estimate of drug-likeness (QED) is 0.220. The highest BCUT2D eigenvalue weighted by atomic mass is 16.7. The van der Waals surface area contributed by atoms with Crippen molar-refractivity contribution in [2.24, 2.45) is 5.92 Å². The van der Waals surface area contributed by atoms with Crippen LogP contribution in [0.25, 0.3) is 0 Å². The maximum Gasteiger partial charge on any atom is 0.508 e. The second kappa shape index (κ2) is 17.3. The molecule has 0 aromatic carbocycles. The molecule has 0 aliphatic rings. The van der Waals surface area contributed by atoms with Gasteiger partial charge >= 0.3 is 18.1 Å². The number of ether oxygens (including phenoxy) is 4. The number of esters is 2. The second-order valence-corrected chi connectivity index (χ2v) is 6.52. The Morgan fingerprint density at radius 3 is 1.71 bits per heavy atom. The number of carbonyl (C=O) groups is 3. The van der Waals surface area contributed by atoms with Crippen molar-refractivity contribution in [2.75, 3.05) is 46.1 Å². The smallest absolute Gasteiger partial charge is 0.465 e. The molecule has 8 heteroatoms. The third kappa shape index (κ3) is 14.3. The SMILES string of the molecule is CCCC(=O)OCC(COC(=O)CCC)COC(=O)OCCCN(CC)CC. The van der Waals surface area contributed by atoms with Gasteiger partial charge in [0, 0.05) is 19.4 Å². The zero-order chi connectivity index (χ0) is 21.2. The standard InChI is InChI=1S/C20H37NO7/c1-5-10-18(22)26-14-17(15-27-19(23)11-6-2)16-28-20(24)25-13-9-12-21(7-3)8-4/h17H,5-16H2,1-4H3. The van der Waals surface area contributed by atoms with Gasteiger partial charge in [-0.1, -0.05) is 27.7 Å². The molecule has 0 N–H and O–H groups in total. The summed E-state index contributed by atoms with van der Waals surface area (Å²) in [7, 11) is 0. The van der Waals surface area contributed by atoms with Gasteiger partial charge < -0.3 is 23.8 Å². The van der Waals surface area contributed by atoms with E-state index in [4.69, 9.17) is 18.9 Å². The predicted molar refractivity (Wildman–Crippen MR) is 105 cm³/mol. The molecule has 8 nitrogen and oxygen atoms in total. The fourth-order valence-electron chi connectivity index (χ4n) is 2.33. The molecular formula is C20H37NO7. The Bertz CT molecular complexity index is 416. The van der Waals surface area contributed by atoms with Crippen LogP contribution in [0.2, 0.25) is 0 Å². The first-order chi connectivity index (χ1) is 13.5. The summed E-state index contributed by atoms with van der Waals surface area (Å²) in [4.78, 5) is 37.1. The first-order valence-corrected chi connectivity index (χ1v) is 10.3. The van der Waals surface area contributed by atoms with E-state index in [9.17, 15) is 14.4 Å². The van der Waals surface area contributed by atoms with Crippen LogP contribution in [0.5, 0.6) is 0 Å². The van der Waals surface area contributed by atoms with Gasteiger partial charge in [-0.05, 0) is 32.4 Å². The monoisotopic (exact) mass is 403 g/mol. The molecule has 0 spiro atoms. The van der Waals surface area contributed by atoms with Crippen LogP contribution >= 0.6 is 0 Å². The Morgan fingerprint density at radius 2 is 1.25 bits per heavy atom. The second-order valence-electron chi connectivity index (χ2n) is 6.52. The summed E-state index contributed by atoms with van der Waals surface area (Å²) < 4.78 is 20.4. The number of hydrogen-bond acceptors (Lipinski definition) is 8. The summed E-state index contributed by atoms with van der Waals surface area (Å²) in [5, 5.41) is 0. The lowest BCUT2D eigenvalue weighted by molar-refractivity contribution is -0.150. The summed E-state index contributed by atoms with van der Waals surface area (Å²) >= 11 is 0. The van der Waals surface area contributed by atoms with Crippen LogP contribution in [0.3, 0.4) is 0 Å². The predicted octanol–water partition coefficient (Wildman–Crippen LogP) is 3.17. The van der Waals surface area contributed by atoms with Crippen molar-refractivity contribution in [1.29, 1.82) is 0 Å². The molecule has 0 radical (unpaired) electrons. The summed E-state index contributed by atoms with van der Waals surface area (Å²) in [6.07, 6.45) is 1.96. The molecule has 0 amide bonds. The van der Waals surface area contributed by atoms with Crippen molar-refractivity contribution in [1.82, 2.24) is 4.90 Å². The highest BCUT2D eigenvalue weighted by Gasteiger charge is 2.18. The fourth-order valence-corrected chi connectivity index (χ4v) is 2.33. The van der Waals surface area contributed by atoms with Crippen LogP contribution in [0.1, 0.15) is 59.8 Å². The Hall–Kier alpha value is -1.83. The van der Waals surface area contributed by atoms with E-state index < -0.39 is 12.1 Å². The largest absolute Gasteiger partial charge is 0.508 e. The van der Waals surface area contributed by atoms with Crippen molar-refractivity contribution < 1.29 is 33.3 Å². The van der Waals surface area contributed by atoms with E-state index in [0.29, 0.717) is 25.7 Å². The normalized spacial score (nSPS) is 10.8.